The van der Waals surface area contributed by atoms with Gasteiger partial charge >= 0.3 is 5.97 Å². The van der Waals surface area contributed by atoms with E-state index in [4.69, 9.17) is 4.74 Å². The van der Waals surface area contributed by atoms with Crippen LogP contribution in [0.5, 0.6) is 11.5 Å². The monoisotopic (exact) mass is 332 g/mol. The van der Waals surface area contributed by atoms with Crippen LogP contribution in [0.4, 0.5) is 0 Å². The van der Waals surface area contributed by atoms with Crippen molar-refractivity contribution in [1.82, 2.24) is 9.78 Å². The van der Waals surface area contributed by atoms with Gasteiger partial charge in [0.05, 0.1) is 24.6 Å². The summed E-state index contributed by atoms with van der Waals surface area (Å²) in [6, 6.07) is 8.05. The molecule has 118 valence electrons. The smallest absolute Gasteiger partial charge is 0.351 e. The predicted molar refractivity (Wildman–Crippen MR) is 84.8 cm³/mol. The number of esters is 1. The zero-order valence-corrected chi connectivity index (χ0v) is 13.1. The molecule has 8 heteroatoms. The van der Waals surface area contributed by atoms with E-state index in [9.17, 15) is 14.7 Å². The third kappa shape index (κ3) is 2.53. The summed E-state index contributed by atoms with van der Waals surface area (Å²) >= 11 is 0.960. The maximum Gasteiger partial charge on any atom is 0.351 e. The zero-order chi connectivity index (χ0) is 16.6. The summed E-state index contributed by atoms with van der Waals surface area (Å²) in [6.45, 7) is 0. The molecule has 0 unspecified atom stereocenters. The van der Waals surface area contributed by atoms with Gasteiger partial charge in [-0.05, 0) is 24.3 Å². The summed E-state index contributed by atoms with van der Waals surface area (Å²) in [5.74, 6) is -0.317. The van der Waals surface area contributed by atoms with Crippen LogP contribution in [0.1, 0.15) is 9.67 Å². The molecule has 0 amide bonds. The summed E-state index contributed by atoms with van der Waals surface area (Å²) in [7, 11) is 2.76. The standard InChI is InChI=1S/C15H12N2O5S/c1-21-9-5-3-8(4-6-9)17-11(18)7-10-12(16-17)13(19)14(23-10)15(20)22-2/h3-7,19H,1-2H3. The molecule has 2 aromatic heterocycles. The molecule has 0 fully saturated rings. The molecule has 0 aliphatic heterocycles. The van der Waals surface area contributed by atoms with Crippen molar-refractivity contribution in [2.75, 3.05) is 14.2 Å². The number of aromatic hydroxyl groups is 1. The summed E-state index contributed by atoms with van der Waals surface area (Å²) in [5, 5.41) is 14.3. The van der Waals surface area contributed by atoms with Crippen LogP contribution in [-0.4, -0.2) is 35.1 Å². The SMILES string of the molecule is COC(=O)c1sc2cc(=O)n(-c3ccc(OC)cc3)nc2c1O. The van der Waals surface area contributed by atoms with Gasteiger partial charge in [0.25, 0.3) is 5.56 Å². The minimum atomic E-state index is -0.672. The van der Waals surface area contributed by atoms with E-state index in [1.807, 2.05) is 0 Å². The molecule has 7 nitrogen and oxygen atoms in total. The van der Waals surface area contributed by atoms with Crippen LogP contribution in [0.15, 0.2) is 35.1 Å². The van der Waals surface area contributed by atoms with E-state index in [0.29, 0.717) is 16.1 Å². The molecule has 0 saturated carbocycles. The number of carbonyl (C=O) groups is 1. The minimum Gasteiger partial charge on any atom is -0.504 e. The lowest BCUT2D eigenvalue weighted by Crippen LogP contribution is -2.19. The molecule has 0 spiro atoms. The second-order valence-electron chi connectivity index (χ2n) is 4.58. The van der Waals surface area contributed by atoms with Crippen LogP contribution < -0.4 is 10.3 Å². The van der Waals surface area contributed by atoms with Crippen LogP contribution in [0.25, 0.3) is 15.9 Å². The van der Waals surface area contributed by atoms with Gasteiger partial charge in [0.15, 0.2) is 10.6 Å². The highest BCUT2D eigenvalue weighted by atomic mass is 32.1. The van der Waals surface area contributed by atoms with E-state index in [0.717, 1.165) is 16.0 Å². The number of carbonyl (C=O) groups excluding carboxylic acids is 1. The van der Waals surface area contributed by atoms with Crippen LogP contribution in [0.3, 0.4) is 0 Å². The third-order valence-corrected chi connectivity index (χ3v) is 4.33. The van der Waals surface area contributed by atoms with Gasteiger partial charge in [0, 0.05) is 6.07 Å². The summed E-state index contributed by atoms with van der Waals surface area (Å²) in [6.07, 6.45) is 0. The Labute approximate surface area is 134 Å². The number of benzene rings is 1. The van der Waals surface area contributed by atoms with Crippen molar-refractivity contribution in [3.05, 3.63) is 45.6 Å². The van der Waals surface area contributed by atoms with E-state index >= 15 is 0 Å². The highest BCUT2D eigenvalue weighted by Gasteiger charge is 2.21. The molecule has 23 heavy (non-hydrogen) atoms. The first kappa shape index (κ1) is 15.0. The van der Waals surface area contributed by atoms with Gasteiger partial charge < -0.3 is 14.6 Å². The average Bonchev–Trinajstić information content (AvgIpc) is 2.89. The van der Waals surface area contributed by atoms with Gasteiger partial charge in [-0.25, -0.2) is 4.79 Å². The first-order valence-corrected chi connectivity index (χ1v) is 7.35. The number of ether oxygens (including phenoxy) is 2. The fourth-order valence-corrected chi connectivity index (χ4v) is 3.06. The average molecular weight is 332 g/mol. The van der Waals surface area contributed by atoms with Gasteiger partial charge in [-0.2, -0.15) is 9.78 Å². The minimum absolute atomic E-state index is 0.0156. The first-order chi connectivity index (χ1) is 11.0. The molecule has 0 bridgehead atoms. The number of hydrogen-bond donors (Lipinski definition) is 1. The second kappa shape index (κ2) is 5.73. The van der Waals surface area contributed by atoms with Gasteiger partial charge in [-0.1, -0.05) is 0 Å². The van der Waals surface area contributed by atoms with Crippen LogP contribution >= 0.6 is 11.3 Å². The summed E-state index contributed by atoms with van der Waals surface area (Å²) in [4.78, 5) is 23.9. The van der Waals surface area contributed by atoms with E-state index in [1.165, 1.54) is 13.2 Å². The van der Waals surface area contributed by atoms with Crippen molar-refractivity contribution in [3.63, 3.8) is 0 Å². The maximum absolute atomic E-state index is 12.2. The highest BCUT2D eigenvalue weighted by molar-refractivity contribution is 7.21. The van der Waals surface area contributed by atoms with Crippen LogP contribution in [0.2, 0.25) is 0 Å². The molecule has 3 rings (SSSR count). The molecule has 1 aromatic carbocycles. The molecular formula is C15H12N2O5S. The molecular weight excluding hydrogens is 320 g/mol. The van der Waals surface area contributed by atoms with Gasteiger partial charge in [0.1, 0.15) is 11.3 Å². The Morgan fingerprint density at radius 3 is 2.57 bits per heavy atom. The molecule has 2 heterocycles. The number of nitrogens with zero attached hydrogens (tertiary/aromatic N) is 2. The Balaban J connectivity index is 2.18. The maximum atomic E-state index is 12.2. The molecule has 3 aromatic rings. The first-order valence-electron chi connectivity index (χ1n) is 6.53. The number of methoxy groups -OCH3 is 2. The molecule has 1 N–H and O–H groups in total. The third-order valence-electron chi connectivity index (χ3n) is 3.24. The number of aromatic nitrogens is 2. The number of hydrogen-bond acceptors (Lipinski definition) is 7. The van der Waals surface area contributed by atoms with Gasteiger partial charge in [0.2, 0.25) is 0 Å². The topological polar surface area (TPSA) is 90.7 Å². The largest absolute Gasteiger partial charge is 0.504 e. The Morgan fingerprint density at radius 1 is 1.26 bits per heavy atom. The Morgan fingerprint density at radius 2 is 1.96 bits per heavy atom. The molecule has 0 saturated heterocycles. The number of rotatable bonds is 3. The summed E-state index contributed by atoms with van der Waals surface area (Å²) in [5.41, 5.74) is 0.314. The predicted octanol–water partition coefficient (Wildman–Crippen LogP) is 1.95. The quantitative estimate of drug-likeness (QED) is 0.737. The van der Waals surface area contributed by atoms with Crippen molar-refractivity contribution in [1.29, 1.82) is 0 Å². The van der Waals surface area contributed by atoms with Crippen molar-refractivity contribution in [3.8, 4) is 17.2 Å². The number of fused-ring (bicyclic) bond motifs is 1. The molecule has 0 atom stereocenters. The van der Waals surface area contributed by atoms with E-state index in [-0.39, 0.29) is 21.7 Å². The molecule has 0 aliphatic carbocycles. The summed E-state index contributed by atoms with van der Waals surface area (Å²) < 4.78 is 11.2. The Bertz CT molecular complexity index is 943. The Hall–Kier alpha value is -2.87. The highest BCUT2D eigenvalue weighted by Crippen LogP contribution is 2.35. The fourth-order valence-electron chi connectivity index (χ4n) is 2.09. The number of thiophene rings is 1. The van der Waals surface area contributed by atoms with Crippen molar-refractivity contribution in [2.24, 2.45) is 0 Å². The van der Waals surface area contributed by atoms with Gasteiger partial charge in [-0.3, -0.25) is 4.79 Å². The second-order valence-corrected chi connectivity index (χ2v) is 5.63. The van der Waals surface area contributed by atoms with Crippen molar-refractivity contribution >= 4 is 27.5 Å². The lowest BCUT2D eigenvalue weighted by atomic mass is 10.3. The lowest BCUT2D eigenvalue weighted by Gasteiger charge is -2.05. The zero-order valence-electron chi connectivity index (χ0n) is 12.3. The van der Waals surface area contributed by atoms with Crippen LogP contribution in [0, 0.1) is 0 Å². The molecule has 0 radical (unpaired) electrons. The van der Waals surface area contributed by atoms with Gasteiger partial charge in [-0.15, -0.1) is 11.3 Å². The normalized spacial score (nSPS) is 10.7. The Kier molecular flexibility index (Phi) is 3.75. The fraction of sp³-hybridized carbons (Fsp3) is 0.133. The van der Waals surface area contributed by atoms with Crippen molar-refractivity contribution in [2.45, 2.75) is 0 Å². The van der Waals surface area contributed by atoms with Crippen LogP contribution in [-0.2, 0) is 4.74 Å². The van der Waals surface area contributed by atoms with E-state index in [2.05, 4.69) is 9.84 Å². The van der Waals surface area contributed by atoms with Crippen molar-refractivity contribution < 1.29 is 19.4 Å². The lowest BCUT2D eigenvalue weighted by molar-refractivity contribution is 0.0603. The van der Waals surface area contributed by atoms with E-state index < -0.39 is 5.97 Å². The molecule has 0 aliphatic rings. The van der Waals surface area contributed by atoms with E-state index in [1.54, 1.807) is 31.4 Å².